The molecule has 1 amide bonds. The van der Waals surface area contributed by atoms with E-state index in [1.165, 1.54) is 12.1 Å². The summed E-state index contributed by atoms with van der Waals surface area (Å²) in [5.74, 6) is -0.385. The third-order valence-electron chi connectivity index (χ3n) is 3.31. The zero-order valence-electron chi connectivity index (χ0n) is 10.3. The average Bonchev–Trinajstić information content (AvgIpc) is 2.77. The molecular formula is C13H17FN2O2. The van der Waals surface area contributed by atoms with Gasteiger partial charge in [-0.3, -0.25) is 4.79 Å². The molecule has 0 bridgehead atoms. The lowest BCUT2D eigenvalue weighted by Crippen LogP contribution is -2.44. The molecule has 2 N–H and O–H groups in total. The van der Waals surface area contributed by atoms with Crippen molar-refractivity contribution in [1.82, 2.24) is 10.2 Å². The molecule has 0 spiro atoms. The highest BCUT2D eigenvalue weighted by Gasteiger charge is 2.30. The van der Waals surface area contributed by atoms with Crippen LogP contribution in [-0.4, -0.2) is 48.2 Å². The van der Waals surface area contributed by atoms with Crippen molar-refractivity contribution in [3.8, 4) is 0 Å². The Morgan fingerprint density at radius 3 is 2.67 bits per heavy atom. The molecule has 1 heterocycles. The van der Waals surface area contributed by atoms with Gasteiger partial charge in [0.05, 0.1) is 18.6 Å². The summed E-state index contributed by atoms with van der Waals surface area (Å²) in [6, 6.07) is 5.70. The fourth-order valence-corrected chi connectivity index (χ4v) is 2.13. The van der Waals surface area contributed by atoms with Crippen LogP contribution in [0, 0.1) is 5.82 Å². The maximum atomic E-state index is 12.7. The van der Waals surface area contributed by atoms with Crippen LogP contribution in [0.1, 0.15) is 5.56 Å². The molecule has 0 aliphatic carbocycles. The minimum absolute atomic E-state index is 0.0747. The summed E-state index contributed by atoms with van der Waals surface area (Å²) in [6.07, 6.45) is -0.299. The van der Waals surface area contributed by atoms with E-state index in [9.17, 15) is 14.3 Å². The number of aliphatic hydroxyl groups excluding tert-OH is 1. The lowest BCUT2D eigenvalue weighted by molar-refractivity contribution is -0.132. The van der Waals surface area contributed by atoms with E-state index in [0.717, 1.165) is 5.56 Å². The number of nitrogens with zero attached hydrogens (tertiary/aromatic N) is 1. The van der Waals surface area contributed by atoms with Gasteiger partial charge >= 0.3 is 0 Å². The van der Waals surface area contributed by atoms with E-state index in [-0.39, 0.29) is 24.2 Å². The number of likely N-dealkylation sites (N-methyl/N-ethyl adjacent to an activating group) is 1. The molecule has 2 rings (SSSR count). The second-order valence-corrected chi connectivity index (χ2v) is 4.60. The topological polar surface area (TPSA) is 52.6 Å². The zero-order chi connectivity index (χ0) is 13.1. The maximum Gasteiger partial charge on any atom is 0.227 e. The van der Waals surface area contributed by atoms with Gasteiger partial charge < -0.3 is 15.3 Å². The van der Waals surface area contributed by atoms with Crippen molar-refractivity contribution in [3.05, 3.63) is 35.6 Å². The van der Waals surface area contributed by atoms with Crippen LogP contribution in [0.2, 0.25) is 0 Å². The van der Waals surface area contributed by atoms with Crippen molar-refractivity contribution in [2.75, 3.05) is 20.1 Å². The van der Waals surface area contributed by atoms with Crippen LogP contribution in [-0.2, 0) is 11.2 Å². The van der Waals surface area contributed by atoms with Gasteiger partial charge in [0.1, 0.15) is 5.82 Å². The van der Waals surface area contributed by atoms with Gasteiger partial charge in [-0.15, -0.1) is 0 Å². The molecule has 0 unspecified atom stereocenters. The Bertz CT molecular complexity index is 422. The second kappa shape index (κ2) is 5.46. The number of β-amino-alcohol motifs (C(OH)–C–C–N with tert-alkyl or cyclic N) is 1. The third-order valence-corrected chi connectivity index (χ3v) is 3.31. The van der Waals surface area contributed by atoms with Gasteiger partial charge in [0, 0.05) is 20.1 Å². The normalized spacial score (nSPS) is 23.1. The Labute approximate surface area is 105 Å². The Morgan fingerprint density at radius 1 is 1.44 bits per heavy atom. The first kappa shape index (κ1) is 13.0. The van der Waals surface area contributed by atoms with Gasteiger partial charge in [0.25, 0.3) is 0 Å². The molecule has 18 heavy (non-hydrogen) atoms. The number of nitrogens with one attached hydrogen (secondary N) is 1. The van der Waals surface area contributed by atoms with Crippen LogP contribution in [0.25, 0.3) is 0 Å². The first-order valence-electron chi connectivity index (χ1n) is 5.97. The fraction of sp³-hybridized carbons (Fsp3) is 0.462. The quantitative estimate of drug-likeness (QED) is 0.805. The van der Waals surface area contributed by atoms with Crippen LogP contribution in [0.3, 0.4) is 0 Å². The van der Waals surface area contributed by atoms with Crippen LogP contribution in [0.5, 0.6) is 0 Å². The van der Waals surface area contributed by atoms with Crippen molar-refractivity contribution in [2.24, 2.45) is 0 Å². The number of halogens is 1. The molecule has 1 saturated heterocycles. The average molecular weight is 252 g/mol. The van der Waals surface area contributed by atoms with Crippen molar-refractivity contribution in [1.29, 1.82) is 0 Å². The van der Waals surface area contributed by atoms with Crippen LogP contribution in [0.4, 0.5) is 4.39 Å². The summed E-state index contributed by atoms with van der Waals surface area (Å²) in [7, 11) is 1.69. The Balaban J connectivity index is 1.97. The Hall–Kier alpha value is -1.46. The molecule has 1 aliphatic rings. The first-order valence-corrected chi connectivity index (χ1v) is 5.97. The Kier molecular flexibility index (Phi) is 3.93. The highest BCUT2D eigenvalue weighted by Crippen LogP contribution is 2.11. The van der Waals surface area contributed by atoms with Crippen molar-refractivity contribution < 1.29 is 14.3 Å². The molecule has 1 aliphatic heterocycles. The number of carbonyl (C=O) groups excluding carboxylic acids is 1. The van der Waals surface area contributed by atoms with E-state index in [2.05, 4.69) is 5.32 Å². The van der Waals surface area contributed by atoms with Crippen LogP contribution < -0.4 is 5.32 Å². The minimum Gasteiger partial charge on any atom is -0.390 e. The number of benzene rings is 1. The van der Waals surface area contributed by atoms with Crippen molar-refractivity contribution in [2.45, 2.75) is 18.6 Å². The van der Waals surface area contributed by atoms with Gasteiger partial charge in [-0.1, -0.05) is 12.1 Å². The number of carbonyl (C=O) groups is 1. The molecule has 1 aromatic rings. The number of rotatable bonds is 3. The molecule has 1 aromatic carbocycles. The summed E-state index contributed by atoms with van der Waals surface area (Å²) in [5.41, 5.74) is 0.772. The third kappa shape index (κ3) is 2.86. The van der Waals surface area contributed by atoms with Gasteiger partial charge in [0.2, 0.25) is 5.91 Å². The molecule has 98 valence electrons. The minimum atomic E-state index is -0.521. The first-order chi connectivity index (χ1) is 8.58. The zero-order valence-corrected chi connectivity index (χ0v) is 10.3. The number of aliphatic hydroxyl groups is 1. The van der Waals surface area contributed by atoms with E-state index < -0.39 is 6.10 Å². The number of amides is 1. The van der Waals surface area contributed by atoms with Gasteiger partial charge in [-0.2, -0.15) is 0 Å². The van der Waals surface area contributed by atoms with Crippen molar-refractivity contribution in [3.63, 3.8) is 0 Å². The van der Waals surface area contributed by atoms with Crippen molar-refractivity contribution >= 4 is 5.91 Å². The molecule has 0 aromatic heterocycles. The monoisotopic (exact) mass is 252 g/mol. The van der Waals surface area contributed by atoms with Gasteiger partial charge in [-0.05, 0) is 17.7 Å². The molecule has 4 nitrogen and oxygen atoms in total. The number of hydrogen-bond donors (Lipinski definition) is 2. The van der Waals surface area contributed by atoms with E-state index in [0.29, 0.717) is 13.1 Å². The largest absolute Gasteiger partial charge is 0.390 e. The maximum absolute atomic E-state index is 12.7. The summed E-state index contributed by atoms with van der Waals surface area (Å²) in [5, 5.41) is 12.7. The molecular weight excluding hydrogens is 235 g/mol. The second-order valence-electron chi connectivity index (χ2n) is 4.60. The summed E-state index contributed by atoms with van der Waals surface area (Å²) >= 11 is 0. The van der Waals surface area contributed by atoms with E-state index in [4.69, 9.17) is 0 Å². The molecule has 0 saturated carbocycles. The summed E-state index contributed by atoms with van der Waals surface area (Å²) in [6.45, 7) is 1.12. The predicted octanol–water partition coefficient (Wildman–Crippen LogP) is 0.159. The SMILES string of the molecule is CN(C(=O)Cc1ccc(F)cc1)[C@H]1CNC[C@@H]1O. The number of hydrogen-bond acceptors (Lipinski definition) is 3. The lowest BCUT2D eigenvalue weighted by Gasteiger charge is -2.26. The summed E-state index contributed by atoms with van der Waals surface area (Å²) in [4.78, 5) is 13.6. The van der Waals surface area contributed by atoms with E-state index >= 15 is 0 Å². The molecule has 5 heteroatoms. The van der Waals surface area contributed by atoms with Crippen LogP contribution >= 0.6 is 0 Å². The van der Waals surface area contributed by atoms with Crippen LogP contribution in [0.15, 0.2) is 24.3 Å². The molecule has 0 radical (unpaired) electrons. The Morgan fingerprint density at radius 2 is 2.11 bits per heavy atom. The fourth-order valence-electron chi connectivity index (χ4n) is 2.13. The standard InChI is InChI=1S/C13H17FN2O2/c1-16(11-7-15-8-12(11)17)13(18)6-9-2-4-10(14)5-3-9/h2-5,11-12,15,17H,6-8H2,1H3/t11-,12-/m0/s1. The molecule has 2 atom stereocenters. The highest BCUT2D eigenvalue weighted by atomic mass is 19.1. The smallest absolute Gasteiger partial charge is 0.227 e. The van der Waals surface area contributed by atoms with E-state index in [1.807, 2.05) is 0 Å². The van der Waals surface area contributed by atoms with Gasteiger partial charge in [-0.25, -0.2) is 4.39 Å². The van der Waals surface area contributed by atoms with Gasteiger partial charge in [0.15, 0.2) is 0 Å². The molecule has 1 fully saturated rings. The van der Waals surface area contributed by atoms with E-state index in [1.54, 1.807) is 24.1 Å². The predicted molar refractivity (Wildman–Crippen MR) is 65.5 cm³/mol. The lowest BCUT2D eigenvalue weighted by atomic mass is 10.1. The highest BCUT2D eigenvalue weighted by molar-refractivity contribution is 5.79. The summed E-state index contributed by atoms with van der Waals surface area (Å²) < 4.78 is 12.7.